The smallest absolute Gasteiger partial charge is 0.319 e. The number of rotatable bonds is 6. The van der Waals surface area contributed by atoms with E-state index in [4.69, 9.17) is 29.7 Å². The molecule has 1 aliphatic carbocycles. The van der Waals surface area contributed by atoms with Gasteiger partial charge < -0.3 is 24.2 Å². The van der Waals surface area contributed by atoms with Gasteiger partial charge in [0, 0.05) is 52.8 Å². The third kappa shape index (κ3) is 5.45. The molecule has 246 valence electrons. The number of methoxy groups -OCH3 is 1. The Morgan fingerprint density at radius 1 is 1.17 bits per heavy atom. The summed E-state index contributed by atoms with van der Waals surface area (Å²) in [6, 6.07) is 4.59. The van der Waals surface area contributed by atoms with Crippen LogP contribution >= 0.6 is 0 Å². The number of ether oxygens (including phenoxy) is 3. The molecule has 1 N–H and O–H groups in total. The summed E-state index contributed by atoms with van der Waals surface area (Å²) in [5, 5.41) is 11.3. The molecule has 4 aromatic rings. The van der Waals surface area contributed by atoms with Gasteiger partial charge in [-0.3, -0.25) is 4.90 Å². The topological polar surface area (TPSA) is 93.1 Å². The first-order valence-electron chi connectivity index (χ1n) is 17.2. The molecule has 47 heavy (non-hydrogen) atoms. The van der Waals surface area contributed by atoms with Gasteiger partial charge in [0.25, 0.3) is 0 Å². The average molecular weight is 651 g/mol. The number of pyridine rings is 1. The first kappa shape index (κ1) is 27.7. The van der Waals surface area contributed by atoms with E-state index >= 15 is 8.78 Å². The van der Waals surface area contributed by atoms with Gasteiger partial charge in [-0.2, -0.15) is 9.97 Å². The molecular weight excluding hydrogens is 611 g/mol. The summed E-state index contributed by atoms with van der Waals surface area (Å²) in [5.41, 5.74) is -1.46. The Morgan fingerprint density at radius 2 is 2.04 bits per heavy atom. The molecule has 1 unspecified atom stereocenters. The third-order valence-corrected chi connectivity index (χ3v) is 9.63. The van der Waals surface area contributed by atoms with Crippen molar-refractivity contribution >= 4 is 27.5 Å². The quantitative estimate of drug-likeness (QED) is 0.267. The SMILES string of the molecule is [2H]C([2H])([2H])N1CC(F)C[C@@]2(COc3nc(N4CCCOCC4)c4c(OC)nc(-c5cc(O)cc6ccc(F)c(C#C)c56)c(F)c4n3)CCC[C@@H]12. The summed E-state index contributed by atoms with van der Waals surface area (Å²) < 4.78 is 89.0. The maximum absolute atomic E-state index is 17.1. The lowest BCUT2D eigenvalue weighted by Gasteiger charge is -2.45. The Balaban J connectivity index is 1.40. The molecule has 2 aromatic carbocycles. The van der Waals surface area contributed by atoms with Crippen molar-refractivity contribution in [3.63, 3.8) is 0 Å². The molecule has 3 atom stereocenters. The van der Waals surface area contributed by atoms with Gasteiger partial charge in [0.1, 0.15) is 40.2 Å². The van der Waals surface area contributed by atoms with Gasteiger partial charge in [0.2, 0.25) is 5.88 Å². The fourth-order valence-corrected chi connectivity index (χ4v) is 7.56. The number of halogens is 3. The Labute approximate surface area is 274 Å². The van der Waals surface area contributed by atoms with Crippen LogP contribution in [0, 0.1) is 29.4 Å². The minimum absolute atomic E-state index is 0.0181. The first-order valence-corrected chi connectivity index (χ1v) is 15.7. The lowest BCUT2D eigenvalue weighted by Crippen LogP contribution is -2.54. The number of alkyl halides is 1. The van der Waals surface area contributed by atoms with E-state index in [1.807, 2.05) is 4.90 Å². The van der Waals surface area contributed by atoms with Crippen molar-refractivity contribution in [2.75, 3.05) is 58.4 Å². The molecule has 3 aliphatic rings. The summed E-state index contributed by atoms with van der Waals surface area (Å²) in [5.74, 6) is 0.719. The molecule has 1 saturated carbocycles. The number of anilines is 1. The number of hydrogen-bond acceptors (Lipinski definition) is 9. The van der Waals surface area contributed by atoms with Crippen LogP contribution in [0.15, 0.2) is 24.3 Å². The summed E-state index contributed by atoms with van der Waals surface area (Å²) in [6.07, 6.45) is 6.91. The fourth-order valence-electron chi connectivity index (χ4n) is 7.56. The van der Waals surface area contributed by atoms with Crippen LogP contribution < -0.4 is 14.4 Å². The van der Waals surface area contributed by atoms with Crippen LogP contribution in [0.5, 0.6) is 17.6 Å². The van der Waals surface area contributed by atoms with Crippen LogP contribution in [0.4, 0.5) is 19.0 Å². The fraction of sp³-hybridized carbons (Fsp3) is 0.457. The molecule has 3 fully saturated rings. The minimum atomic E-state index is -2.48. The van der Waals surface area contributed by atoms with Gasteiger partial charge in [0.15, 0.2) is 5.82 Å². The van der Waals surface area contributed by atoms with Crippen LogP contribution in [0.2, 0.25) is 0 Å². The third-order valence-electron chi connectivity index (χ3n) is 9.63. The number of phenolic OH excluding ortho intramolecular Hbond substituents is 1. The standard InChI is InChI=1S/C35H36F3N5O4/c1-4-23-25(37)9-8-20-15-22(44)16-24(27(20)23)30-29(38)31-28(33(39-30)45-3)32(43-11-6-13-46-14-12-43)41-34(40-31)47-19-35-10-5-7-26(35)42(2)18-21(36)17-35/h1,8-9,15-16,21,26,44H,5-7,10-14,17-19H2,2-3H3/t21?,26-,35-/m1/s1/i2D3. The molecule has 2 aromatic heterocycles. The van der Waals surface area contributed by atoms with E-state index in [-0.39, 0.29) is 76.1 Å². The number of hydrogen-bond donors (Lipinski definition) is 1. The van der Waals surface area contributed by atoms with Crippen molar-refractivity contribution in [3.05, 3.63) is 41.5 Å². The Morgan fingerprint density at radius 3 is 2.85 bits per heavy atom. The predicted octanol–water partition coefficient (Wildman–Crippen LogP) is 5.64. The van der Waals surface area contributed by atoms with E-state index in [0.717, 1.165) is 0 Å². The molecule has 12 heteroatoms. The molecule has 0 spiro atoms. The van der Waals surface area contributed by atoms with Crippen molar-refractivity contribution < 1.29 is 36.6 Å². The predicted molar refractivity (Wildman–Crippen MR) is 172 cm³/mol. The minimum Gasteiger partial charge on any atom is -0.508 e. The van der Waals surface area contributed by atoms with Gasteiger partial charge >= 0.3 is 6.01 Å². The maximum Gasteiger partial charge on any atom is 0.319 e. The van der Waals surface area contributed by atoms with E-state index in [9.17, 15) is 9.50 Å². The zero-order valence-corrected chi connectivity index (χ0v) is 25.9. The van der Waals surface area contributed by atoms with E-state index in [1.165, 1.54) is 36.3 Å². The highest BCUT2D eigenvalue weighted by Gasteiger charge is 2.50. The number of terminal acetylenes is 1. The number of piperidine rings is 1. The van der Waals surface area contributed by atoms with Crippen LogP contribution in [0.3, 0.4) is 0 Å². The number of phenols is 1. The number of likely N-dealkylation sites (tertiary alicyclic amines) is 1. The van der Waals surface area contributed by atoms with E-state index in [0.29, 0.717) is 57.4 Å². The monoisotopic (exact) mass is 650 g/mol. The lowest BCUT2D eigenvalue weighted by atomic mass is 9.75. The largest absolute Gasteiger partial charge is 0.508 e. The van der Waals surface area contributed by atoms with Crippen LogP contribution in [-0.2, 0) is 4.74 Å². The molecule has 2 saturated heterocycles. The summed E-state index contributed by atoms with van der Waals surface area (Å²) >= 11 is 0. The maximum atomic E-state index is 17.1. The molecule has 7 rings (SSSR count). The van der Waals surface area contributed by atoms with Gasteiger partial charge in [-0.25, -0.2) is 18.2 Å². The average Bonchev–Trinajstić information content (AvgIpc) is 3.30. The number of fused-ring (bicyclic) bond motifs is 3. The highest BCUT2D eigenvalue weighted by molar-refractivity contribution is 6.04. The Bertz CT molecular complexity index is 2000. The Hall–Kier alpha value is -4.34. The van der Waals surface area contributed by atoms with Gasteiger partial charge in [-0.1, -0.05) is 18.4 Å². The lowest BCUT2D eigenvalue weighted by molar-refractivity contribution is -0.0244. The second kappa shape index (κ2) is 12.4. The van der Waals surface area contributed by atoms with Crippen molar-refractivity contribution in [1.29, 1.82) is 0 Å². The first-order chi connectivity index (χ1) is 23.9. The number of benzene rings is 2. The summed E-state index contributed by atoms with van der Waals surface area (Å²) in [7, 11) is 1.36. The normalized spacial score (nSPS) is 24.7. The van der Waals surface area contributed by atoms with Crippen LogP contribution in [0.1, 0.15) is 41.8 Å². The van der Waals surface area contributed by atoms with Crippen molar-refractivity contribution in [1.82, 2.24) is 19.9 Å². The second-order valence-electron chi connectivity index (χ2n) is 12.5. The van der Waals surface area contributed by atoms with Gasteiger partial charge in [-0.15, -0.1) is 6.42 Å². The van der Waals surface area contributed by atoms with E-state index in [1.54, 1.807) is 0 Å². The van der Waals surface area contributed by atoms with Crippen LogP contribution in [-0.4, -0.2) is 90.7 Å². The zero-order valence-electron chi connectivity index (χ0n) is 28.9. The highest BCUT2D eigenvalue weighted by atomic mass is 19.1. The molecule has 4 heterocycles. The number of aromatic nitrogens is 3. The molecule has 0 bridgehead atoms. The second-order valence-corrected chi connectivity index (χ2v) is 12.5. The zero-order chi connectivity index (χ0) is 35.4. The number of aromatic hydroxyl groups is 1. The van der Waals surface area contributed by atoms with Gasteiger partial charge in [-0.05, 0) is 56.2 Å². The molecule has 9 nitrogen and oxygen atoms in total. The van der Waals surface area contributed by atoms with Crippen molar-refractivity contribution in [2.45, 2.75) is 44.3 Å². The molecule has 0 amide bonds. The highest BCUT2D eigenvalue weighted by Crippen LogP contribution is 2.48. The van der Waals surface area contributed by atoms with Crippen molar-refractivity contribution in [2.24, 2.45) is 5.41 Å². The van der Waals surface area contributed by atoms with E-state index < -0.39 is 36.2 Å². The van der Waals surface area contributed by atoms with E-state index in [2.05, 4.69) is 15.9 Å². The summed E-state index contributed by atoms with van der Waals surface area (Å²) in [4.78, 5) is 16.9. The number of nitrogens with zero attached hydrogens (tertiary/aromatic N) is 5. The van der Waals surface area contributed by atoms with Crippen molar-refractivity contribution in [3.8, 4) is 41.2 Å². The van der Waals surface area contributed by atoms with Gasteiger partial charge in [0.05, 0.1) is 25.9 Å². The molecule has 0 radical (unpaired) electrons. The summed E-state index contributed by atoms with van der Waals surface area (Å²) in [6.45, 7) is -0.949. The molecule has 2 aliphatic heterocycles. The van der Waals surface area contributed by atoms with Crippen LogP contribution in [0.25, 0.3) is 32.9 Å². The molecular formula is C35H36F3N5O4. The Kier molecular flexibility index (Phi) is 7.29.